The summed E-state index contributed by atoms with van der Waals surface area (Å²) in [5.74, 6) is 2.51. The summed E-state index contributed by atoms with van der Waals surface area (Å²) in [5.41, 5.74) is 2.27. The molecule has 4 nitrogen and oxygen atoms in total. The third-order valence-corrected chi connectivity index (χ3v) is 4.31. The lowest BCUT2D eigenvalue weighted by molar-refractivity contribution is 0.685. The molecule has 1 aromatic heterocycles. The fourth-order valence-electron chi connectivity index (χ4n) is 2.18. The fourth-order valence-corrected chi connectivity index (χ4v) is 3.25. The quantitative estimate of drug-likeness (QED) is 0.921. The topological polar surface area (TPSA) is 42.7 Å². The van der Waals surface area contributed by atoms with Gasteiger partial charge in [0.05, 0.1) is 5.69 Å². The number of benzene rings is 1. The lowest BCUT2D eigenvalue weighted by Gasteiger charge is -2.23. The Morgan fingerprint density at radius 3 is 2.94 bits per heavy atom. The predicted octanol–water partition coefficient (Wildman–Crippen LogP) is 2.57. The van der Waals surface area contributed by atoms with Gasteiger partial charge in [0, 0.05) is 17.5 Å². The highest BCUT2D eigenvalue weighted by molar-refractivity contribution is 7.99. The Balaban J connectivity index is 1.74. The van der Waals surface area contributed by atoms with Gasteiger partial charge in [-0.2, -0.15) is 11.8 Å². The smallest absolute Gasteiger partial charge is 0.123 e. The van der Waals surface area contributed by atoms with E-state index in [9.17, 15) is 0 Å². The van der Waals surface area contributed by atoms with Crippen molar-refractivity contribution in [2.24, 2.45) is 0 Å². The molecule has 5 heteroatoms. The van der Waals surface area contributed by atoms with Crippen molar-refractivity contribution >= 4 is 17.4 Å². The van der Waals surface area contributed by atoms with Gasteiger partial charge in [0.2, 0.25) is 0 Å². The zero-order valence-corrected chi connectivity index (χ0v) is 10.9. The van der Waals surface area contributed by atoms with E-state index in [-0.39, 0.29) is 0 Å². The highest BCUT2D eigenvalue weighted by Gasteiger charge is 2.13. The number of anilines is 1. The Bertz CT molecular complexity index is 491. The summed E-state index contributed by atoms with van der Waals surface area (Å²) >= 11 is 2.04. The second kappa shape index (κ2) is 5.44. The molecule has 1 fully saturated rings. The molecule has 18 heavy (non-hydrogen) atoms. The van der Waals surface area contributed by atoms with E-state index in [1.54, 1.807) is 12.7 Å². The molecule has 2 heterocycles. The molecule has 0 amide bonds. The van der Waals surface area contributed by atoms with Crippen molar-refractivity contribution in [1.82, 2.24) is 14.8 Å². The summed E-state index contributed by atoms with van der Waals surface area (Å²) in [7, 11) is 0. The minimum atomic E-state index is 0.597. The van der Waals surface area contributed by atoms with Gasteiger partial charge >= 0.3 is 0 Å². The van der Waals surface area contributed by atoms with Crippen LogP contribution in [-0.4, -0.2) is 32.3 Å². The molecule has 3 rings (SSSR count). The third kappa shape index (κ3) is 2.67. The zero-order valence-electron chi connectivity index (χ0n) is 10.1. The van der Waals surface area contributed by atoms with Gasteiger partial charge in [0.25, 0.3) is 0 Å². The Morgan fingerprint density at radius 2 is 2.17 bits per heavy atom. The Kier molecular flexibility index (Phi) is 3.50. The second-order valence-electron chi connectivity index (χ2n) is 4.48. The average Bonchev–Trinajstić information content (AvgIpc) is 2.94. The minimum Gasteiger partial charge on any atom is -0.381 e. The largest absolute Gasteiger partial charge is 0.381 e. The second-order valence-corrected chi connectivity index (χ2v) is 5.63. The van der Waals surface area contributed by atoms with Gasteiger partial charge in [-0.3, -0.25) is 4.57 Å². The van der Waals surface area contributed by atoms with Crippen molar-refractivity contribution in [2.75, 3.05) is 16.8 Å². The van der Waals surface area contributed by atoms with Gasteiger partial charge in [-0.25, -0.2) is 0 Å². The first-order chi connectivity index (χ1) is 8.92. The summed E-state index contributed by atoms with van der Waals surface area (Å²) < 4.78 is 1.92. The van der Waals surface area contributed by atoms with Crippen molar-refractivity contribution in [3.8, 4) is 5.69 Å². The van der Waals surface area contributed by atoms with Crippen molar-refractivity contribution in [2.45, 2.75) is 18.9 Å². The van der Waals surface area contributed by atoms with Crippen LogP contribution < -0.4 is 5.32 Å². The highest BCUT2D eigenvalue weighted by Crippen LogP contribution is 2.22. The maximum absolute atomic E-state index is 3.83. The molecule has 1 N–H and O–H groups in total. The first-order valence-corrected chi connectivity index (χ1v) is 7.36. The zero-order chi connectivity index (χ0) is 12.2. The number of hydrogen-bond acceptors (Lipinski definition) is 4. The van der Waals surface area contributed by atoms with Crippen LogP contribution in [0, 0.1) is 0 Å². The maximum atomic E-state index is 3.83. The number of rotatable bonds is 3. The summed E-state index contributed by atoms with van der Waals surface area (Å²) in [5, 5.41) is 11.3. The lowest BCUT2D eigenvalue weighted by Crippen LogP contribution is -2.25. The van der Waals surface area contributed by atoms with E-state index in [4.69, 9.17) is 0 Å². The molecule has 0 saturated carbocycles. The van der Waals surface area contributed by atoms with Crippen LogP contribution in [0.4, 0.5) is 5.69 Å². The first kappa shape index (κ1) is 11.6. The Hall–Kier alpha value is -1.49. The molecule has 1 aliphatic rings. The molecule has 0 radical (unpaired) electrons. The summed E-state index contributed by atoms with van der Waals surface area (Å²) in [6.45, 7) is 0. The van der Waals surface area contributed by atoms with Crippen LogP contribution in [0.15, 0.2) is 36.9 Å². The average molecular weight is 260 g/mol. The van der Waals surface area contributed by atoms with Crippen molar-refractivity contribution < 1.29 is 0 Å². The number of aromatic nitrogens is 3. The Morgan fingerprint density at radius 1 is 1.28 bits per heavy atom. The summed E-state index contributed by atoms with van der Waals surface area (Å²) in [6, 6.07) is 8.98. The van der Waals surface area contributed by atoms with Gasteiger partial charge in [-0.15, -0.1) is 10.2 Å². The number of nitrogens with one attached hydrogen (secondary N) is 1. The monoisotopic (exact) mass is 260 g/mol. The van der Waals surface area contributed by atoms with Gasteiger partial charge in [-0.1, -0.05) is 6.07 Å². The molecule has 94 valence electrons. The number of hydrogen-bond donors (Lipinski definition) is 1. The molecular formula is C13H16N4S. The summed E-state index contributed by atoms with van der Waals surface area (Å²) in [4.78, 5) is 0. The first-order valence-electron chi connectivity index (χ1n) is 6.21. The van der Waals surface area contributed by atoms with Crippen LogP contribution in [-0.2, 0) is 0 Å². The lowest BCUT2D eigenvalue weighted by atomic mass is 10.1. The standard InChI is InChI=1S/C13H16N4S/c1-3-11(16-12-4-2-6-18-8-12)7-13(5-1)17-9-14-15-10-17/h1,3,5,7,9-10,12,16H,2,4,6,8H2. The van der Waals surface area contributed by atoms with E-state index in [1.165, 1.54) is 30.0 Å². The van der Waals surface area contributed by atoms with Crippen molar-refractivity contribution in [3.05, 3.63) is 36.9 Å². The van der Waals surface area contributed by atoms with E-state index < -0.39 is 0 Å². The van der Waals surface area contributed by atoms with Crippen LogP contribution in [0.2, 0.25) is 0 Å². The van der Waals surface area contributed by atoms with Crippen LogP contribution >= 0.6 is 11.8 Å². The predicted molar refractivity (Wildman–Crippen MR) is 75.3 cm³/mol. The van der Waals surface area contributed by atoms with Crippen molar-refractivity contribution in [3.63, 3.8) is 0 Å². The Labute approximate surface area is 111 Å². The molecule has 1 aliphatic heterocycles. The maximum Gasteiger partial charge on any atom is 0.123 e. The minimum absolute atomic E-state index is 0.597. The highest BCUT2D eigenvalue weighted by atomic mass is 32.2. The van der Waals surface area contributed by atoms with Gasteiger partial charge in [-0.05, 0) is 36.8 Å². The van der Waals surface area contributed by atoms with Crippen LogP contribution in [0.25, 0.3) is 5.69 Å². The van der Waals surface area contributed by atoms with Gasteiger partial charge in [0.15, 0.2) is 0 Å². The van der Waals surface area contributed by atoms with E-state index in [0.29, 0.717) is 6.04 Å². The van der Waals surface area contributed by atoms with Gasteiger partial charge in [0.1, 0.15) is 12.7 Å². The number of nitrogens with zero attached hydrogens (tertiary/aromatic N) is 3. The van der Waals surface area contributed by atoms with Gasteiger partial charge < -0.3 is 5.32 Å². The molecule has 1 unspecified atom stereocenters. The van der Waals surface area contributed by atoms with Crippen LogP contribution in [0.3, 0.4) is 0 Å². The van der Waals surface area contributed by atoms with E-state index in [0.717, 1.165) is 5.69 Å². The summed E-state index contributed by atoms with van der Waals surface area (Å²) in [6.07, 6.45) is 6.02. The van der Waals surface area contributed by atoms with Crippen molar-refractivity contribution in [1.29, 1.82) is 0 Å². The SMILES string of the molecule is c1cc(NC2CCCSC2)cc(-n2cnnc2)c1. The third-order valence-electron chi connectivity index (χ3n) is 3.09. The van der Waals surface area contributed by atoms with E-state index in [2.05, 4.69) is 39.8 Å². The van der Waals surface area contributed by atoms with Crippen LogP contribution in [0.1, 0.15) is 12.8 Å². The van der Waals surface area contributed by atoms with E-state index >= 15 is 0 Å². The molecular weight excluding hydrogens is 244 g/mol. The fraction of sp³-hybridized carbons (Fsp3) is 0.385. The van der Waals surface area contributed by atoms with Crippen LogP contribution in [0.5, 0.6) is 0 Å². The number of thioether (sulfide) groups is 1. The molecule has 2 aromatic rings. The molecule has 0 bridgehead atoms. The van der Waals surface area contributed by atoms with E-state index in [1.807, 2.05) is 16.3 Å². The molecule has 1 atom stereocenters. The molecule has 0 spiro atoms. The molecule has 1 saturated heterocycles. The molecule has 1 aromatic carbocycles. The normalized spacial score (nSPS) is 19.7. The molecule has 0 aliphatic carbocycles.